The Kier molecular flexibility index (Phi) is 5.90. The molecule has 9 heteroatoms. The second-order valence-electron chi connectivity index (χ2n) is 6.80. The Morgan fingerprint density at radius 1 is 1.30 bits per heavy atom. The van der Waals surface area contributed by atoms with Crippen LogP contribution in [-0.2, 0) is 4.79 Å². The molecule has 1 saturated carbocycles. The van der Waals surface area contributed by atoms with E-state index in [-0.39, 0.29) is 11.6 Å². The normalized spacial score (nSPS) is 15.9. The number of thiophene rings is 1. The minimum atomic E-state index is -0.554. The zero-order valence-electron chi connectivity index (χ0n) is 15.9. The third kappa shape index (κ3) is 3.89. The molecule has 2 aromatic rings. The van der Waals surface area contributed by atoms with E-state index < -0.39 is 17.2 Å². The molecule has 1 aliphatic rings. The lowest BCUT2D eigenvalue weighted by molar-refractivity contribution is -0.119. The summed E-state index contributed by atoms with van der Waals surface area (Å²) >= 11 is 2.73. The summed E-state index contributed by atoms with van der Waals surface area (Å²) in [7, 11) is 1.45. The van der Waals surface area contributed by atoms with Crippen molar-refractivity contribution in [3.63, 3.8) is 0 Å². The lowest BCUT2D eigenvalue weighted by Gasteiger charge is -2.19. The number of thioether (sulfide) groups is 1. The number of urea groups is 1. The maximum absolute atomic E-state index is 13.3. The van der Waals surface area contributed by atoms with E-state index in [0.717, 1.165) is 36.1 Å². The van der Waals surface area contributed by atoms with Crippen LogP contribution in [0, 0.1) is 13.8 Å². The number of aromatic nitrogens is 2. The van der Waals surface area contributed by atoms with Gasteiger partial charge in [-0.1, -0.05) is 24.6 Å². The van der Waals surface area contributed by atoms with Gasteiger partial charge in [-0.15, -0.1) is 11.3 Å². The first-order valence-electron chi connectivity index (χ1n) is 9.05. The van der Waals surface area contributed by atoms with Crippen molar-refractivity contribution in [2.75, 3.05) is 7.05 Å². The lowest BCUT2D eigenvalue weighted by Crippen LogP contribution is -2.41. The van der Waals surface area contributed by atoms with Gasteiger partial charge in [0.15, 0.2) is 5.16 Å². The van der Waals surface area contributed by atoms with Gasteiger partial charge in [-0.3, -0.25) is 19.5 Å². The summed E-state index contributed by atoms with van der Waals surface area (Å²) in [4.78, 5) is 43.5. The van der Waals surface area contributed by atoms with E-state index in [1.165, 1.54) is 30.1 Å². The van der Waals surface area contributed by atoms with Crippen LogP contribution in [-0.4, -0.2) is 33.8 Å². The van der Waals surface area contributed by atoms with Gasteiger partial charge in [-0.05, 0) is 39.2 Å². The van der Waals surface area contributed by atoms with Gasteiger partial charge in [-0.2, -0.15) is 0 Å². The average Bonchev–Trinajstić information content (AvgIpc) is 3.23. The zero-order chi connectivity index (χ0) is 19.7. The van der Waals surface area contributed by atoms with Gasteiger partial charge in [0.2, 0.25) is 5.91 Å². The van der Waals surface area contributed by atoms with E-state index >= 15 is 0 Å². The first-order chi connectivity index (χ1) is 12.8. The maximum atomic E-state index is 13.3. The molecule has 146 valence electrons. The number of nitrogens with one attached hydrogen (secondary N) is 2. The highest BCUT2D eigenvalue weighted by molar-refractivity contribution is 8.00. The number of carbonyl (C=O) groups is 2. The van der Waals surface area contributed by atoms with E-state index in [1.54, 1.807) is 11.5 Å². The Bertz CT molecular complexity index is 944. The molecule has 2 N–H and O–H groups in total. The van der Waals surface area contributed by atoms with Crippen molar-refractivity contribution in [2.45, 2.75) is 62.9 Å². The van der Waals surface area contributed by atoms with Crippen LogP contribution in [0.5, 0.6) is 0 Å². The molecule has 0 spiro atoms. The predicted molar refractivity (Wildman–Crippen MR) is 109 cm³/mol. The van der Waals surface area contributed by atoms with E-state index in [4.69, 9.17) is 4.98 Å². The van der Waals surface area contributed by atoms with Crippen molar-refractivity contribution in [3.8, 4) is 0 Å². The fourth-order valence-corrected chi connectivity index (χ4v) is 5.39. The van der Waals surface area contributed by atoms with Crippen LogP contribution in [0.1, 0.15) is 49.1 Å². The van der Waals surface area contributed by atoms with Crippen molar-refractivity contribution in [1.82, 2.24) is 20.2 Å². The number of carbonyl (C=O) groups excluding carboxylic acids is 2. The van der Waals surface area contributed by atoms with Crippen LogP contribution in [0.15, 0.2) is 9.95 Å². The summed E-state index contributed by atoms with van der Waals surface area (Å²) in [5.41, 5.74) is 0.969. The molecule has 0 bridgehead atoms. The Balaban J connectivity index is 2.02. The molecule has 1 aliphatic carbocycles. The molecule has 1 fully saturated rings. The number of imide groups is 1. The Morgan fingerprint density at radius 2 is 1.96 bits per heavy atom. The van der Waals surface area contributed by atoms with Crippen LogP contribution >= 0.6 is 23.1 Å². The minimum Gasteiger partial charge on any atom is -0.341 e. The number of nitrogens with zero attached hydrogens (tertiary/aromatic N) is 2. The van der Waals surface area contributed by atoms with Crippen LogP contribution in [0.25, 0.3) is 10.2 Å². The SMILES string of the molecule is CNC(=O)NC(=O)[C@H](C)Sc1nc2sc(C)c(C)c2c(=O)n1C1CCCC1. The Hall–Kier alpha value is -1.87. The second-order valence-corrected chi connectivity index (χ2v) is 9.31. The zero-order valence-corrected chi connectivity index (χ0v) is 17.6. The first kappa shape index (κ1) is 19.9. The second kappa shape index (κ2) is 8.02. The van der Waals surface area contributed by atoms with Crippen LogP contribution in [0.2, 0.25) is 0 Å². The average molecular weight is 409 g/mol. The maximum Gasteiger partial charge on any atom is 0.321 e. The molecule has 1 atom stereocenters. The van der Waals surface area contributed by atoms with Crippen LogP contribution in [0.4, 0.5) is 4.79 Å². The Morgan fingerprint density at radius 3 is 2.59 bits per heavy atom. The van der Waals surface area contributed by atoms with Crippen molar-refractivity contribution in [3.05, 3.63) is 20.8 Å². The molecule has 0 unspecified atom stereocenters. The van der Waals surface area contributed by atoms with E-state index in [9.17, 15) is 14.4 Å². The van der Waals surface area contributed by atoms with Gasteiger partial charge in [0.25, 0.3) is 5.56 Å². The summed E-state index contributed by atoms with van der Waals surface area (Å²) in [6.07, 6.45) is 4.07. The van der Waals surface area contributed by atoms with Crippen LogP contribution in [0.3, 0.4) is 0 Å². The summed E-state index contributed by atoms with van der Waals surface area (Å²) < 4.78 is 1.78. The molecule has 0 aliphatic heterocycles. The van der Waals surface area contributed by atoms with Crippen molar-refractivity contribution < 1.29 is 9.59 Å². The molecule has 0 aromatic carbocycles. The predicted octanol–water partition coefficient (Wildman–Crippen LogP) is 3.13. The third-order valence-corrected chi connectivity index (χ3v) is 7.18. The van der Waals surface area contributed by atoms with Crippen molar-refractivity contribution >= 4 is 45.3 Å². The first-order valence-corrected chi connectivity index (χ1v) is 10.7. The molecule has 27 heavy (non-hydrogen) atoms. The number of amides is 3. The fourth-order valence-electron chi connectivity index (χ4n) is 3.34. The quantitative estimate of drug-likeness (QED) is 0.599. The minimum absolute atomic E-state index is 0.0184. The fraction of sp³-hybridized carbons (Fsp3) is 0.556. The molecular weight excluding hydrogens is 384 g/mol. The van der Waals surface area contributed by atoms with Gasteiger partial charge in [0, 0.05) is 18.0 Å². The summed E-state index contributed by atoms with van der Waals surface area (Å²) in [6.45, 7) is 5.67. The van der Waals surface area contributed by atoms with E-state index in [0.29, 0.717) is 15.4 Å². The van der Waals surface area contributed by atoms with Crippen molar-refractivity contribution in [1.29, 1.82) is 0 Å². The number of aryl methyl sites for hydroxylation is 2. The van der Waals surface area contributed by atoms with Crippen molar-refractivity contribution in [2.24, 2.45) is 0 Å². The largest absolute Gasteiger partial charge is 0.341 e. The topological polar surface area (TPSA) is 93.1 Å². The summed E-state index contributed by atoms with van der Waals surface area (Å²) in [5.74, 6) is -0.412. The molecular formula is C18H24N4O3S2. The number of rotatable bonds is 4. The lowest BCUT2D eigenvalue weighted by atomic mass is 10.2. The molecule has 0 saturated heterocycles. The van der Waals surface area contributed by atoms with Gasteiger partial charge in [0.05, 0.1) is 10.6 Å². The number of fused-ring (bicyclic) bond motifs is 1. The molecule has 0 radical (unpaired) electrons. The molecule has 2 heterocycles. The molecule has 7 nitrogen and oxygen atoms in total. The smallest absolute Gasteiger partial charge is 0.321 e. The Labute approximate surface area is 165 Å². The molecule has 3 rings (SSSR count). The molecule has 3 amide bonds. The van der Waals surface area contributed by atoms with Crippen LogP contribution < -0.4 is 16.2 Å². The molecule has 2 aromatic heterocycles. The number of hydrogen-bond acceptors (Lipinski definition) is 6. The highest BCUT2D eigenvalue weighted by atomic mass is 32.2. The third-order valence-electron chi connectivity index (χ3n) is 5.01. The van der Waals surface area contributed by atoms with E-state index in [2.05, 4.69) is 10.6 Å². The summed E-state index contributed by atoms with van der Waals surface area (Å²) in [5, 5.41) is 5.34. The van der Waals surface area contributed by atoms with Gasteiger partial charge >= 0.3 is 6.03 Å². The summed E-state index contributed by atoms with van der Waals surface area (Å²) in [6, 6.07) is -0.431. The van der Waals surface area contributed by atoms with Gasteiger partial charge in [-0.25, -0.2) is 9.78 Å². The van der Waals surface area contributed by atoms with E-state index in [1.807, 2.05) is 13.8 Å². The van der Waals surface area contributed by atoms with Gasteiger partial charge < -0.3 is 5.32 Å². The van der Waals surface area contributed by atoms with Gasteiger partial charge in [0.1, 0.15) is 4.83 Å². The highest BCUT2D eigenvalue weighted by Gasteiger charge is 2.27. The highest BCUT2D eigenvalue weighted by Crippen LogP contribution is 2.35. The standard InChI is InChI=1S/C18H24N4O3S2/c1-9-10(2)26-15-13(9)16(24)22(12-7-5-6-8-12)18(21-15)27-11(3)14(23)20-17(25)19-4/h11-12H,5-8H2,1-4H3,(H2,19,20,23,25)/t11-/m0/s1. The number of hydrogen-bond donors (Lipinski definition) is 2. The monoisotopic (exact) mass is 408 g/mol.